The molecule has 1 rings (SSSR count). The Morgan fingerprint density at radius 2 is 2.00 bits per heavy atom. The highest BCUT2D eigenvalue weighted by molar-refractivity contribution is 9.10. The number of ketones is 1. The minimum absolute atomic E-state index is 0.0202. The summed E-state index contributed by atoms with van der Waals surface area (Å²) in [6, 6.07) is 5.17. The van der Waals surface area contributed by atoms with Gasteiger partial charge in [0.1, 0.15) is 0 Å². The van der Waals surface area contributed by atoms with Gasteiger partial charge in [-0.2, -0.15) is 0 Å². The molecule has 0 heterocycles. The number of allylic oxidation sites excluding steroid dienone is 2. The number of rotatable bonds is 2. The molecule has 0 amide bonds. The molecule has 0 atom stereocenters. The predicted octanol–water partition coefficient (Wildman–Crippen LogP) is 4.25. The second-order valence-corrected chi connectivity index (χ2v) is 4.60. The molecule has 74 valence electrons. The van der Waals surface area contributed by atoms with E-state index in [0.717, 1.165) is 10.0 Å². The zero-order valence-electron chi connectivity index (χ0n) is 7.97. The highest BCUT2D eigenvalue weighted by Crippen LogP contribution is 2.20. The lowest BCUT2D eigenvalue weighted by Gasteiger charge is -1.99. The summed E-state index contributed by atoms with van der Waals surface area (Å²) < 4.78 is 0.815. The molecule has 3 heteroatoms. The quantitative estimate of drug-likeness (QED) is 0.581. The third-order valence-electron chi connectivity index (χ3n) is 1.57. The first-order chi connectivity index (χ1) is 6.49. The minimum Gasteiger partial charge on any atom is -0.289 e. The molecular formula is C11H10BrClO. The first-order valence-corrected chi connectivity index (χ1v) is 5.31. The van der Waals surface area contributed by atoms with E-state index in [0.29, 0.717) is 10.6 Å². The van der Waals surface area contributed by atoms with E-state index in [-0.39, 0.29) is 5.78 Å². The van der Waals surface area contributed by atoms with E-state index < -0.39 is 0 Å². The van der Waals surface area contributed by atoms with Gasteiger partial charge in [-0.05, 0) is 38.1 Å². The Labute approximate surface area is 96.9 Å². The molecule has 0 unspecified atom stereocenters. The van der Waals surface area contributed by atoms with E-state index in [1.165, 1.54) is 0 Å². The summed E-state index contributed by atoms with van der Waals surface area (Å²) in [5, 5.41) is 0.560. The summed E-state index contributed by atoms with van der Waals surface area (Å²) in [5.41, 5.74) is 1.58. The van der Waals surface area contributed by atoms with E-state index >= 15 is 0 Å². The van der Waals surface area contributed by atoms with Crippen molar-refractivity contribution in [2.45, 2.75) is 13.8 Å². The SMILES string of the molecule is CC(C)=CC(=O)c1cc(Cl)cc(Br)c1. The first-order valence-electron chi connectivity index (χ1n) is 4.14. The molecule has 0 aliphatic rings. The van der Waals surface area contributed by atoms with E-state index in [1.54, 1.807) is 24.3 Å². The molecule has 0 spiro atoms. The fourth-order valence-corrected chi connectivity index (χ4v) is 1.90. The molecule has 1 aromatic rings. The summed E-state index contributed by atoms with van der Waals surface area (Å²) in [7, 11) is 0. The van der Waals surface area contributed by atoms with Gasteiger partial charge in [0.15, 0.2) is 5.78 Å². The summed E-state index contributed by atoms with van der Waals surface area (Å²) in [4.78, 5) is 11.6. The maximum absolute atomic E-state index is 11.6. The van der Waals surface area contributed by atoms with Gasteiger partial charge in [0, 0.05) is 15.1 Å². The van der Waals surface area contributed by atoms with E-state index in [1.807, 2.05) is 13.8 Å². The highest BCUT2D eigenvalue weighted by atomic mass is 79.9. The van der Waals surface area contributed by atoms with Gasteiger partial charge < -0.3 is 0 Å². The van der Waals surface area contributed by atoms with Gasteiger partial charge in [0.25, 0.3) is 0 Å². The zero-order chi connectivity index (χ0) is 10.7. The molecule has 0 bridgehead atoms. The Bertz CT molecular complexity index is 372. The molecular weight excluding hydrogens is 263 g/mol. The molecule has 1 aromatic carbocycles. The highest BCUT2D eigenvalue weighted by Gasteiger charge is 2.04. The average molecular weight is 274 g/mol. The summed E-state index contributed by atoms with van der Waals surface area (Å²) >= 11 is 9.12. The lowest BCUT2D eigenvalue weighted by atomic mass is 10.1. The predicted molar refractivity (Wildman–Crippen MR) is 62.9 cm³/mol. The van der Waals surface area contributed by atoms with Crippen molar-refractivity contribution in [2.75, 3.05) is 0 Å². The van der Waals surface area contributed by atoms with Crippen molar-refractivity contribution >= 4 is 33.3 Å². The van der Waals surface area contributed by atoms with Gasteiger partial charge in [0.05, 0.1) is 0 Å². The van der Waals surface area contributed by atoms with Crippen LogP contribution in [0.4, 0.5) is 0 Å². The molecule has 0 aliphatic heterocycles. The van der Waals surface area contributed by atoms with Crippen molar-refractivity contribution < 1.29 is 4.79 Å². The molecule has 0 saturated carbocycles. The van der Waals surface area contributed by atoms with Crippen LogP contribution in [0.1, 0.15) is 24.2 Å². The van der Waals surface area contributed by atoms with Crippen LogP contribution in [0, 0.1) is 0 Å². The molecule has 0 N–H and O–H groups in total. The van der Waals surface area contributed by atoms with Gasteiger partial charge in [0.2, 0.25) is 0 Å². The van der Waals surface area contributed by atoms with Crippen molar-refractivity contribution in [2.24, 2.45) is 0 Å². The summed E-state index contributed by atoms with van der Waals surface area (Å²) in [6.45, 7) is 3.77. The van der Waals surface area contributed by atoms with Crippen molar-refractivity contribution in [3.05, 3.63) is 44.9 Å². The van der Waals surface area contributed by atoms with E-state index in [2.05, 4.69) is 15.9 Å². The van der Waals surface area contributed by atoms with Crippen LogP contribution >= 0.6 is 27.5 Å². The number of halogens is 2. The molecule has 14 heavy (non-hydrogen) atoms. The van der Waals surface area contributed by atoms with Crippen LogP contribution in [0.25, 0.3) is 0 Å². The number of carbonyl (C=O) groups excluding carboxylic acids is 1. The van der Waals surface area contributed by atoms with Crippen LogP contribution in [0.3, 0.4) is 0 Å². The number of hydrogen-bond acceptors (Lipinski definition) is 1. The average Bonchev–Trinajstić information content (AvgIpc) is 2.00. The number of hydrogen-bond donors (Lipinski definition) is 0. The van der Waals surface area contributed by atoms with Crippen molar-refractivity contribution in [3.8, 4) is 0 Å². The largest absolute Gasteiger partial charge is 0.289 e. The Kier molecular flexibility index (Phi) is 3.90. The monoisotopic (exact) mass is 272 g/mol. The summed E-state index contributed by atoms with van der Waals surface area (Å²) in [6.07, 6.45) is 1.60. The molecule has 0 aromatic heterocycles. The Balaban J connectivity index is 3.08. The Morgan fingerprint density at radius 3 is 2.50 bits per heavy atom. The van der Waals surface area contributed by atoms with Gasteiger partial charge >= 0.3 is 0 Å². The van der Waals surface area contributed by atoms with Crippen LogP contribution in [0.2, 0.25) is 5.02 Å². The van der Waals surface area contributed by atoms with E-state index in [9.17, 15) is 4.79 Å². The van der Waals surface area contributed by atoms with Gasteiger partial charge in [-0.3, -0.25) is 4.79 Å². The molecule has 0 saturated heterocycles. The molecule has 0 aliphatic carbocycles. The van der Waals surface area contributed by atoms with Crippen LogP contribution in [0.15, 0.2) is 34.3 Å². The second kappa shape index (κ2) is 4.76. The van der Waals surface area contributed by atoms with Gasteiger partial charge in [-0.15, -0.1) is 0 Å². The number of benzene rings is 1. The van der Waals surface area contributed by atoms with Crippen LogP contribution in [-0.2, 0) is 0 Å². The zero-order valence-corrected chi connectivity index (χ0v) is 10.3. The summed E-state index contributed by atoms with van der Waals surface area (Å²) in [5.74, 6) is -0.0202. The number of carbonyl (C=O) groups is 1. The minimum atomic E-state index is -0.0202. The fraction of sp³-hybridized carbons (Fsp3) is 0.182. The van der Waals surface area contributed by atoms with Crippen molar-refractivity contribution in [3.63, 3.8) is 0 Å². The Morgan fingerprint density at radius 1 is 1.36 bits per heavy atom. The van der Waals surface area contributed by atoms with Crippen molar-refractivity contribution in [1.82, 2.24) is 0 Å². The third-order valence-corrected chi connectivity index (χ3v) is 2.24. The maximum atomic E-state index is 11.6. The topological polar surface area (TPSA) is 17.1 Å². The lowest BCUT2D eigenvalue weighted by Crippen LogP contribution is -1.95. The van der Waals surface area contributed by atoms with E-state index in [4.69, 9.17) is 11.6 Å². The fourth-order valence-electron chi connectivity index (χ4n) is 1.04. The molecule has 1 nitrogen and oxygen atoms in total. The standard InChI is InChI=1S/C11H10BrClO/c1-7(2)3-11(14)8-4-9(12)6-10(13)5-8/h3-6H,1-2H3. The lowest BCUT2D eigenvalue weighted by molar-refractivity contribution is 0.104. The van der Waals surface area contributed by atoms with Crippen LogP contribution in [0.5, 0.6) is 0 Å². The normalized spacial score (nSPS) is 9.71. The second-order valence-electron chi connectivity index (χ2n) is 3.24. The maximum Gasteiger partial charge on any atom is 0.185 e. The molecule has 0 fully saturated rings. The van der Waals surface area contributed by atoms with Gasteiger partial charge in [-0.25, -0.2) is 0 Å². The van der Waals surface area contributed by atoms with Crippen LogP contribution < -0.4 is 0 Å². The van der Waals surface area contributed by atoms with Gasteiger partial charge in [-0.1, -0.05) is 33.1 Å². The smallest absolute Gasteiger partial charge is 0.185 e. The first kappa shape index (κ1) is 11.5. The van der Waals surface area contributed by atoms with Crippen LogP contribution in [-0.4, -0.2) is 5.78 Å². The Hall–Kier alpha value is -0.600. The third kappa shape index (κ3) is 3.28. The van der Waals surface area contributed by atoms with Crippen molar-refractivity contribution in [1.29, 1.82) is 0 Å². The molecule has 0 radical (unpaired) electrons.